The van der Waals surface area contributed by atoms with Gasteiger partial charge in [-0.2, -0.15) is 0 Å². The van der Waals surface area contributed by atoms with Crippen LogP contribution in [0.4, 0.5) is 0 Å². The summed E-state index contributed by atoms with van der Waals surface area (Å²) >= 11 is 0. The Morgan fingerprint density at radius 2 is 0.873 bits per heavy atom. The van der Waals surface area contributed by atoms with E-state index in [0.717, 1.165) is 57.8 Å². The summed E-state index contributed by atoms with van der Waals surface area (Å²) in [7, 11) is -4.45. The number of rotatable bonds is 46. The quantitative estimate of drug-likeness (QED) is 0.0238. The van der Waals surface area contributed by atoms with Gasteiger partial charge in [0, 0.05) is 13.0 Å². The van der Waals surface area contributed by atoms with E-state index >= 15 is 0 Å². The summed E-state index contributed by atoms with van der Waals surface area (Å²) in [6.45, 7) is 3.35. The molecule has 0 saturated heterocycles. The second kappa shape index (κ2) is 48.6. The Balaban J connectivity index is 3.67. The molecule has 0 aromatic heterocycles. The summed E-state index contributed by atoms with van der Waals surface area (Å²) in [6, 6.07) is 0. The van der Waals surface area contributed by atoms with Crippen LogP contribution < -0.4 is 5.32 Å². The lowest BCUT2D eigenvalue weighted by molar-refractivity contribution is -0.146. The smallest absolute Gasteiger partial charge is 0.463 e. The number of unbranched alkanes of at least 4 members (excludes halogenated alkanes) is 20. The highest BCUT2D eigenvalue weighted by molar-refractivity contribution is 7.47. The Labute approximate surface area is 385 Å². The first kappa shape index (κ1) is 60.2. The molecule has 63 heavy (non-hydrogen) atoms. The SMILES string of the molecule is CC/C=C\C/C=C\C/C=C\C/C=C\C/C=C\C/C=C\C/C=C\CC(=O)OCC(O)COP(=O)(O)OCCNC(=O)CCCCCCCCCCCCCCCCCCCCCCC. The molecular formula is C53H92NO8P. The van der Waals surface area contributed by atoms with Crippen LogP contribution in [-0.2, 0) is 27.9 Å². The number of esters is 1. The van der Waals surface area contributed by atoms with Gasteiger partial charge in [-0.3, -0.25) is 18.6 Å². The first-order valence-electron chi connectivity index (χ1n) is 25.1. The summed E-state index contributed by atoms with van der Waals surface area (Å²) in [6.07, 6.45) is 62.7. The second-order valence-corrected chi connectivity index (χ2v) is 17.9. The number of allylic oxidation sites excluding steroid dienone is 13. The zero-order valence-electron chi connectivity index (χ0n) is 40.0. The Morgan fingerprint density at radius 1 is 0.508 bits per heavy atom. The van der Waals surface area contributed by atoms with Gasteiger partial charge in [-0.25, -0.2) is 4.57 Å². The summed E-state index contributed by atoms with van der Waals surface area (Å²) in [5, 5.41) is 12.7. The molecule has 0 radical (unpaired) electrons. The number of aliphatic hydroxyl groups is 1. The molecule has 0 heterocycles. The van der Waals surface area contributed by atoms with Crippen LogP contribution in [-0.4, -0.2) is 54.3 Å². The lowest BCUT2D eigenvalue weighted by atomic mass is 10.0. The number of carbonyl (C=O) groups is 2. The van der Waals surface area contributed by atoms with Crippen molar-refractivity contribution in [3.8, 4) is 0 Å². The molecule has 1 amide bonds. The van der Waals surface area contributed by atoms with Crippen molar-refractivity contribution in [2.75, 3.05) is 26.4 Å². The van der Waals surface area contributed by atoms with E-state index < -0.39 is 26.5 Å². The fourth-order valence-electron chi connectivity index (χ4n) is 6.64. The van der Waals surface area contributed by atoms with Crippen LogP contribution in [0.5, 0.6) is 0 Å². The molecule has 0 aromatic rings. The van der Waals surface area contributed by atoms with E-state index in [1.165, 1.54) is 116 Å². The Morgan fingerprint density at radius 3 is 1.27 bits per heavy atom. The van der Waals surface area contributed by atoms with Gasteiger partial charge < -0.3 is 20.1 Å². The third kappa shape index (κ3) is 50.1. The van der Waals surface area contributed by atoms with Crippen molar-refractivity contribution in [3.63, 3.8) is 0 Å². The van der Waals surface area contributed by atoms with Gasteiger partial charge in [0.05, 0.1) is 19.6 Å². The molecule has 0 fully saturated rings. The molecule has 10 heteroatoms. The van der Waals surface area contributed by atoms with Gasteiger partial charge in [-0.15, -0.1) is 0 Å². The number of phosphoric acid groups is 1. The lowest BCUT2D eigenvalue weighted by Crippen LogP contribution is -2.27. The normalized spacial score (nSPS) is 13.9. The predicted molar refractivity (Wildman–Crippen MR) is 266 cm³/mol. The van der Waals surface area contributed by atoms with Gasteiger partial charge in [0.15, 0.2) is 0 Å². The molecular weight excluding hydrogens is 810 g/mol. The van der Waals surface area contributed by atoms with E-state index in [0.29, 0.717) is 12.8 Å². The van der Waals surface area contributed by atoms with Crippen LogP contribution in [0.15, 0.2) is 85.1 Å². The first-order valence-corrected chi connectivity index (χ1v) is 26.6. The van der Waals surface area contributed by atoms with Crippen molar-refractivity contribution in [1.82, 2.24) is 5.32 Å². The summed E-state index contributed by atoms with van der Waals surface area (Å²) in [4.78, 5) is 34.0. The number of carbonyl (C=O) groups excluding carboxylic acids is 2. The zero-order chi connectivity index (χ0) is 46.0. The van der Waals surface area contributed by atoms with Crippen molar-refractivity contribution < 1.29 is 37.9 Å². The van der Waals surface area contributed by atoms with Crippen molar-refractivity contribution in [2.24, 2.45) is 0 Å². The molecule has 0 spiro atoms. The summed E-state index contributed by atoms with van der Waals surface area (Å²) < 4.78 is 26.9. The highest BCUT2D eigenvalue weighted by Crippen LogP contribution is 2.42. The van der Waals surface area contributed by atoms with Crippen LogP contribution in [0.3, 0.4) is 0 Å². The van der Waals surface area contributed by atoms with Gasteiger partial charge in [0.1, 0.15) is 12.7 Å². The maximum atomic E-state index is 12.1. The van der Waals surface area contributed by atoms with E-state index in [1.807, 2.05) is 12.2 Å². The molecule has 362 valence electrons. The van der Waals surface area contributed by atoms with E-state index in [4.69, 9.17) is 13.8 Å². The van der Waals surface area contributed by atoms with Gasteiger partial charge in [-0.1, -0.05) is 227 Å². The number of hydrogen-bond donors (Lipinski definition) is 3. The van der Waals surface area contributed by atoms with E-state index in [9.17, 15) is 24.2 Å². The van der Waals surface area contributed by atoms with Gasteiger partial charge in [-0.05, 0) is 51.4 Å². The lowest BCUT2D eigenvalue weighted by Gasteiger charge is -2.15. The summed E-state index contributed by atoms with van der Waals surface area (Å²) in [5.74, 6) is -0.649. The average Bonchev–Trinajstić information content (AvgIpc) is 3.27. The van der Waals surface area contributed by atoms with Crippen molar-refractivity contribution >= 4 is 19.7 Å². The Hall–Kier alpha value is -2.81. The van der Waals surface area contributed by atoms with Gasteiger partial charge in [0.2, 0.25) is 5.91 Å². The number of hydrogen-bond acceptors (Lipinski definition) is 7. The van der Waals surface area contributed by atoms with Crippen LogP contribution >= 0.6 is 7.82 Å². The van der Waals surface area contributed by atoms with E-state index in [-0.39, 0.29) is 32.1 Å². The zero-order valence-corrected chi connectivity index (χ0v) is 40.9. The highest BCUT2D eigenvalue weighted by atomic mass is 31.2. The second-order valence-electron chi connectivity index (χ2n) is 16.4. The van der Waals surface area contributed by atoms with Crippen molar-refractivity contribution in [1.29, 1.82) is 0 Å². The highest BCUT2D eigenvalue weighted by Gasteiger charge is 2.23. The fourth-order valence-corrected chi connectivity index (χ4v) is 7.40. The third-order valence-electron chi connectivity index (χ3n) is 10.4. The third-order valence-corrected chi connectivity index (χ3v) is 11.4. The van der Waals surface area contributed by atoms with Crippen LogP contribution in [0.25, 0.3) is 0 Å². The molecule has 0 aliphatic heterocycles. The maximum Gasteiger partial charge on any atom is 0.472 e. The Bertz CT molecular complexity index is 1300. The molecule has 0 aromatic carbocycles. The molecule has 2 unspecified atom stereocenters. The number of ether oxygens (including phenoxy) is 1. The predicted octanol–water partition coefficient (Wildman–Crippen LogP) is 14.8. The largest absolute Gasteiger partial charge is 0.472 e. The van der Waals surface area contributed by atoms with E-state index in [2.05, 4.69) is 86.0 Å². The van der Waals surface area contributed by atoms with Crippen LogP contribution in [0.1, 0.15) is 206 Å². The van der Waals surface area contributed by atoms with Crippen molar-refractivity contribution in [2.45, 2.75) is 213 Å². The number of nitrogens with one attached hydrogen (secondary N) is 1. The fraction of sp³-hybridized carbons (Fsp3) is 0.698. The average molecular weight is 902 g/mol. The molecule has 9 nitrogen and oxygen atoms in total. The standard InChI is InChI=1S/C53H92NO8P/c1-3-5-7-9-11-13-15-17-19-21-23-25-27-29-31-33-35-37-39-41-43-45-52(56)54-47-48-61-63(58,59)62-50-51(55)49-60-53(57)46-44-42-40-38-36-34-32-30-28-26-24-22-20-18-16-14-12-10-8-6-4-2/h6,8,12,14,18,20,24,26,30,32,36,38,42,44,51,55H,3-5,7,9-11,13,15-17,19,21-23,25,27-29,31,33-35,37,39-41,43,45-50H2,1-2H3,(H,54,56)(H,58,59)/b8-6-,14-12-,20-18-,26-24-,32-30-,38-36-,44-42-. The molecule has 0 saturated carbocycles. The van der Waals surface area contributed by atoms with E-state index in [1.54, 1.807) is 6.08 Å². The molecule has 3 N–H and O–H groups in total. The molecule has 0 rings (SSSR count). The Kier molecular flexibility index (Phi) is 46.5. The molecule has 0 aliphatic rings. The monoisotopic (exact) mass is 902 g/mol. The van der Waals surface area contributed by atoms with Gasteiger partial charge >= 0.3 is 13.8 Å². The summed E-state index contributed by atoms with van der Waals surface area (Å²) in [5.41, 5.74) is 0. The van der Waals surface area contributed by atoms with Crippen LogP contribution in [0, 0.1) is 0 Å². The minimum atomic E-state index is -4.45. The first-order chi connectivity index (χ1) is 30.8. The van der Waals surface area contributed by atoms with Crippen molar-refractivity contribution in [3.05, 3.63) is 85.1 Å². The minimum absolute atomic E-state index is 0.0448. The molecule has 0 bridgehead atoms. The number of aliphatic hydroxyl groups excluding tert-OH is 1. The molecule has 2 atom stereocenters. The number of amides is 1. The minimum Gasteiger partial charge on any atom is -0.463 e. The number of phosphoric ester groups is 1. The van der Waals surface area contributed by atoms with Crippen LogP contribution in [0.2, 0.25) is 0 Å². The maximum absolute atomic E-state index is 12.1. The molecule has 0 aliphatic carbocycles. The van der Waals surface area contributed by atoms with Gasteiger partial charge in [0.25, 0.3) is 0 Å². The topological polar surface area (TPSA) is 131 Å².